The summed E-state index contributed by atoms with van der Waals surface area (Å²) < 4.78 is 7.55. The maximum atomic E-state index is 13.0. The molecule has 0 radical (unpaired) electrons. The summed E-state index contributed by atoms with van der Waals surface area (Å²) in [6, 6.07) is 7.34. The van der Waals surface area contributed by atoms with E-state index < -0.39 is 0 Å². The molecule has 0 atom stereocenters. The van der Waals surface area contributed by atoms with Gasteiger partial charge in [-0.25, -0.2) is 9.38 Å². The van der Waals surface area contributed by atoms with Crippen LogP contribution in [0.1, 0.15) is 16.7 Å². The summed E-state index contributed by atoms with van der Waals surface area (Å²) in [6.45, 7) is 4.06. The minimum Gasteiger partial charge on any atom is -0.495 e. The number of hydrogen-bond donors (Lipinski definition) is 0. The van der Waals surface area contributed by atoms with Crippen LogP contribution in [0.4, 0.5) is 0 Å². The monoisotopic (exact) mass is 404 g/mol. The standard InChI is InChI=1S/C19H14Cl2N2O2S/c1-9-4-14-15(5-10(9)2)23-18(24)16(26-19(23)22-14)7-11-6-12(20)8-13(21)17(11)25-3/h4-8H,1-3H3. The van der Waals surface area contributed by atoms with Crippen molar-refractivity contribution in [2.75, 3.05) is 7.11 Å². The lowest BCUT2D eigenvalue weighted by atomic mass is 10.1. The zero-order valence-electron chi connectivity index (χ0n) is 14.3. The number of benzene rings is 2. The molecule has 4 rings (SSSR count). The number of aryl methyl sites for hydroxylation is 2. The van der Waals surface area contributed by atoms with Crippen molar-refractivity contribution in [2.45, 2.75) is 13.8 Å². The van der Waals surface area contributed by atoms with E-state index in [1.165, 1.54) is 18.4 Å². The molecule has 0 aliphatic heterocycles. The molecule has 0 fully saturated rings. The van der Waals surface area contributed by atoms with Crippen molar-refractivity contribution in [3.05, 3.63) is 65.9 Å². The van der Waals surface area contributed by atoms with Crippen molar-refractivity contribution in [3.8, 4) is 5.75 Å². The first-order valence-electron chi connectivity index (χ1n) is 7.86. The van der Waals surface area contributed by atoms with E-state index in [1.54, 1.807) is 22.6 Å². The second-order valence-electron chi connectivity index (χ2n) is 6.08. The third-order valence-corrected chi connectivity index (χ3v) is 5.85. The maximum Gasteiger partial charge on any atom is 0.274 e. The lowest BCUT2D eigenvalue weighted by Gasteiger charge is -2.07. The zero-order valence-corrected chi connectivity index (χ0v) is 16.6. The number of rotatable bonds is 2. The van der Waals surface area contributed by atoms with Crippen LogP contribution in [-0.4, -0.2) is 16.5 Å². The molecule has 4 nitrogen and oxygen atoms in total. The summed E-state index contributed by atoms with van der Waals surface area (Å²) in [5.74, 6) is 0.484. The lowest BCUT2D eigenvalue weighted by molar-refractivity contribution is 0.414. The highest BCUT2D eigenvalue weighted by atomic mass is 35.5. The van der Waals surface area contributed by atoms with E-state index in [1.807, 2.05) is 26.0 Å². The highest BCUT2D eigenvalue weighted by molar-refractivity contribution is 7.15. The number of thiazole rings is 1. The van der Waals surface area contributed by atoms with E-state index >= 15 is 0 Å². The number of imidazole rings is 1. The molecule has 0 saturated heterocycles. The Hall–Kier alpha value is -2.08. The smallest absolute Gasteiger partial charge is 0.274 e. The fourth-order valence-corrected chi connectivity index (χ4v) is 4.53. The van der Waals surface area contributed by atoms with Gasteiger partial charge in [-0.3, -0.25) is 4.79 Å². The van der Waals surface area contributed by atoms with Gasteiger partial charge in [0.05, 0.1) is 27.7 Å². The van der Waals surface area contributed by atoms with Gasteiger partial charge in [0.15, 0.2) is 4.96 Å². The highest BCUT2D eigenvalue weighted by Crippen LogP contribution is 2.32. The molecule has 0 spiro atoms. The molecule has 2 heterocycles. The van der Waals surface area contributed by atoms with Gasteiger partial charge in [-0.2, -0.15) is 0 Å². The van der Waals surface area contributed by atoms with Crippen molar-refractivity contribution >= 4 is 56.6 Å². The largest absolute Gasteiger partial charge is 0.495 e. The number of hydrogen-bond acceptors (Lipinski definition) is 4. The first kappa shape index (κ1) is 17.3. The fourth-order valence-electron chi connectivity index (χ4n) is 2.96. The SMILES string of the molecule is COc1c(Cl)cc(Cl)cc1C=c1sc2nc3cc(C)c(C)cc3n2c1=O. The Balaban J connectivity index is 2.02. The van der Waals surface area contributed by atoms with E-state index in [0.29, 0.717) is 30.9 Å². The Morgan fingerprint density at radius 1 is 1.15 bits per heavy atom. The molecule has 2 aromatic heterocycles. The van der Waals surface area contributed by atoms with Gasteiger partial charge in [-0.05, 0) is 55.3 Å². The third kappa shape index (κ3) is 2.67. The van der Waals surface area contributed by atoms with Crippen LogP contribution in [-0.2, 0) is 0 Å². The predicted molar refractivity (Wildman–Crippen MR) is 108 cm³/mol. The molecule has 2 aromatic carbocycles. The van der Waals surface area contributed by atoms with Crippen LogP contribution in [0.3, 0.4) is 0 Å². The minimum atomic E-state index is -0.117. The van der Waals surface area contributed by atoms with Crippen LogP contribution in [0.15, 0.2) is 29.1 Å². The Labute approximate surface area is 163 Å². The van der Waals surface area contributed by atoms with Gasteiger partial charge in [-0.15, -0.1) is 0 Å². The average Bonchev–Trinajstić information content (AvgIpc) is 3.05. The maximum absolute atomic E-state index is 13.0. The molecule has 7 heteroatoms. The highest BCUT2D eigenvalue weighted by Gasteiger charge is 2.14. The summed E-state index contributed by atoms with van der Waals surface area (Å²) >= 11 is 13.6. The van der Waals surface area contributed by atoms with Gasteiger partial charge in [0.25, 0.3) is 5.56 Å². The molecule has 26 heavy (non-hydrogen) atoms. The van der Waals surface area contributed by atoms with E-state index in [4.69, 9.17) is 27.9 Å². The van der Waals surface area contributed by atoms with Crippen molar-refractivity contribution in [1.29, 1.82) is 0 Å². The van der Waals surface area contributed by atoms with Gasteiger partial charge >= 0.3 is 0 Å². The number of halogens is 2. The van der Waals surface area contributed by atoms with E-state index in [9.17, 15) is 4.79 Å². The van der Waals surface area contributed by atoms with Gasteiger partial charge in [0, 0.05) is 10.6 Å². The molecule has 4 aromatic rings. The van der Waals surface area contributed by atoms with E-state index in [0.717, 1.165) is 22.2 Å². The van der Waals surface area contributed by atoms with Crippen LogP contribution in [0.2, 0.25) is 10.0 Å². The Morgan fingerprint density at radius 2 is 1.88 bits per heavy atom. The number of methoxy groups -OCH3 is 1. The zero-order chi connectivity index (χ0) is 18.6. The third-order valence-electron chi connectivity index (χ3n) is 4.38. The summed E-state index contributed by atoms with van der Waals surface area (Å²) in [5.41, 5.74) is 4.46. The summed E-state index contributed by atoms with van der Waals surface area (Å²) in [5, 5.41) is 0.879. The molecule has 0 bridgehead atoms. The normalized spacial score (nSPS) is 12.4. The van der Waals surface area contributed by atoms with Crippen molar-refractivity contribution < 1.29 is 4.74 Å². The van der Waals surface area contributed by atoms with E-state index in [2.05, 4.69) is 4.98 Å². The quantitative estimate of drug-likeness (QED) is 0.497. The molecular weight excluding hydrogens is 391 g/mol. The van der Waals surface area contributed by atoms with Gasteiger partial charge in [0.2, 0.25) is 0 Å². The van der Waals surface area contributed by atoms with Crippen LogP contribution >= 0.6 is 34.5 Å². The molecule has 0 unspecified atom stereocenters. The molecule has 0 saturated carbocycles. The molecule has 0 amide bonds. The van der Waals surface area contributed by atoms with Crippen molar-refractivity contribution in [3.63, 3.8) is 0 Å². The van der Waals surface area contributed by atoms with Crippen LogP contribution in [0.5, 0.6) is 5.75 Å². The number of fused-ring (bicyclic) bond motifs is 3. The summed E-state index contributed by atoms with van der Waals surface area (Å²) in [6.07, 6.45) is 1.74. The minimum absolute atomic E-state index is 0.117. The second kappa shape index (κ2) is 6.27. The fraction of sp³-hybridized carbons (Fsp3) is 0.158. The molecule has 0 aliphatic rings. The number of nitrogens with zero attached hydrogens (tertiary/aromatic N) is 2. The Kier molecular flexibility index (Phi) is 4.18. The average molecular weight is 405 g/mol. The number of aromatic nitrogens is 2. The van der Waals surface area contributed by atoms with Crippen molar-refractivity contribution in [2.24, 2.45) is 0 Å². The van der Waals surface area contributed by atoms with Gasteiger partial charge in [0.1, 0.15) is 5.75 Å². The van der Waals surface area contributed by atoms with Gasteiger partial charge < -0.3 is 4.74 Å². The van der Waals surface area contributed by atoms with Gasteiger partial charge in [-0.1, -0.05) is 34.5 Å². The second-order valence-corrected chi connectivity index (χ2v) is 7.93. The van der Waals surface area contributed by atoms with E-state index in [-0.39, 0.29) is 5.56 Å². The Morgan fingerprint density at radius 3 is 2.62 bits per heavy atom. The lowest BCUT2D eigenvalue weighted by Crippen LogP contribution is -2.22. The summed E-state index contributed by atoms with van der Waals surface area (Å²) in [7, 11) is 1.53. The summed E-state index contributed by atoms with van der Waals surface area (Å²) in [4.78, 5) is 18.2. The van der Waals surface area contributed by atoms with Crippen LogP contribution in [0, 0.1) is 13.8 Å². The molecular formula is C19H14Cl2N2O2S. The Bertz CT molecular complexity index is 1290. The van der Waals surface area contributed by atoms with Crippen LogP contribution in [0.25, 0.3) is 22.1 Å². The number of ether oxygens (including phenoxy) is 1. The first-order chi connectivity index (χ1) is 12.4. The van der Waals surface area contributed by atoms with Crippen LogP contribution < -0.4 is 14.8 Å². The molecule has 0 aliphatic carbocycles. The molecule has 132 valence electrons. The first-order valence-corrected chi connectivity index (χ1v) is 9.43. The predicted octanol–water partition coefficient (Wildman–Crippen LogP) is 4.39. The molecule has 0 N–H and O–H groups in total. The topological polar surface area (TPSA) is 43.6 Å². The van der Waals surface area contributed by atoms with Crippen molar-refractivity contribution in [1.82, 2.24) is 9.38 Å².